The van der Waals surface area contributed by atoms with Crippen LogP contribution in [0.3, 0.4) is 0 Å². The van der Waals surface area contributed by atoms with E-state index in [0.29, 0.717) is 29.9 Å². The molecular formula is C20H26ClN5O3. The van der Waals surface area contributed by atoms with Gasteiger partial charge in [-0.3, -0.25) is 4.79 Å². The highest BCUT2D eigenvalue weighted by Gasteiger charge is 2.28. The molecule has 1 unspecified atom stereocenters. The third-order valence-electron chi connectivity index (χ3n) is 4.59. The van der Waals surface area contributed by atoms with Crippen LogP contribution in [0.4, 0.5) is 0 Å². The third-order valence-corrected chi connectivity index (χ3v) is 4.83. The SMILES string of the molecule is CCNC(=NCc1nc(-c2cccc(Cl)c2)no1)N1CCCC(C(=O)OCC)C1. The van der Waals surface area contributed by atoms with Crippen molar-refractivity contribution >= 4 is 23.5 Å². The quantitative estimate of drug-likeness (QED) is 0.436. The summed E-state index contributed by atoms with van der Waals surface area (Å²) < 4.78 is 10.5. The molecule has 2 heterocycles. The van der Waals surface area contributed by atoms with Crippen molar-refractivity contribution in [3.63, 3.8) is 0 Å². The van der Waals surface area contributed by atoms with Crippen LogP contribution >= 0.6 is 11.6 Å². The van der Waals surface area contributed by atoms with Crippen molar-refractivity contribution in [2.75, 3.05) is 26.2 Å². The van der Waals surface area contributed by atoms with Crippen LogP contribution < -0.4 is 5.32 Å². The van der Waals surface area contributed by atoms with E-state index < -0.39 is 0 Å². The Bertz CT molecular complexity index is 854. The Morgan fingerprint density at radius 3 is 3.07 bits per heavy atom. The number of carbonyl (C=O) groups excluding carboxylic acids is 1. The first-order valence-electron chi connectivity index (χ1n) is 9.89. The molecule has 1 aliphatic heterocycles. The van der Waals surface area contributed by atoms with E-state index in [0.717, 1.165) is 37.5 Å². The van der Waals surface area contributed by atoms with Crippen molar-refractivity contribution in [3.05, 3.63) is 35.2 Å². The van der Waals surface area contributed by atoms with Gasteiger partial charge >= 0.3 is 5.97 Å². The average molecular weight is 420 g/mol. The molecule has 0 bridgehead atoms. The molecule has 0 radical (unpaired) electrons. The number of halogens is 1. The number of rotatable bonds is 6. The first-order chi connectivity index (χ1) is 14.1. The van der Waals surface area contributed by atoms with Gasteiger partial charge in [-0.25, -0.2) is 4.99 Å². The van der Waals surface area contributed by atoms with Crippen molar-refractivity contribution in [2.24, 2.45) is 10.9 Å². The molecule has 0 saturated carbocycles. The average Bonchev–Trinajstić information content (AvgIpc) is 3.20. The van der Waals surface area contributed by atoms with Crippen molar-refractivity contribution in [2.45, 2.75) is 33.2 Å². The molecule has 9 heteroatoms. The normalized spacial score (nSPS) is 17.3. The molecule has 1 fully saturated rings. The first kappa shape index (κ1) is 21.1. The van der Waals surface area contributed by atoms with E-state index in [1.54, 1.807) is 12.1 Å². The van der Waals surface area contributed by atoms with Crippen LogP contribution in [0.5, 0.6) is 0 Å². The summed E-state index contributed by atoms with van der Waals surface area (Å²) in [4.78, 5) is 23.2. The Hall–Kier alpha value is -2.61. The number of hydrogen-bond donors (Lipinski definition) is 1. The minimum atomic E-state index is -0.142. The van der Waals surface area contributed by atoms with Gasteiger partial charge in [0.15, 0.2) is 5.96 Å². The van der Waals surface area contributed by atoms with Gasteiger partial charge in [0.1, 0.15) is 6.54 Å². The van der Waals surface area contributed by atoms with Crippen molar-refractivity contribution in [1.29, 1.82) is 0 Å². The highest BCUT2D eigenvalue weighted by Crippen LogP contribution is 2.21. The van der Waals surface area contributed by atoms with Crippen LogP contribution in [0.2, 0.25) is 5.02 Å². The van der Waals surface area contributed by atoms with Crippen LogP contribution in [0, 0.1) is 5.92 Å². The number of carbonyl (C=O) groups is 1. The number of piperidine rings is 1. The molecule has 0 amide bonds. The summed E-state index contributed by atoms with van der Waals surface area (Å²) in [6, 6.07) is 7.29. The van der Waals surface area contributed by atoms with E-state index in [-0.39, 0.29) is 18.4 Å². The molecular weight excluding hydrogens is 394 g/mol. The van der Waals surface area contributed by atoms with E-state index >= 15 is 0 Å². The van der Waals surface area contributed by atoms with Crippen LogP contribution in [-0.2, 0) is 16.1 Å². The highest BCUT2D eigenvalue weighted by atomic mass is 35.5. The zero-order valence-electron chi connectivity index (χ0n) is 16.7. The van der Waals surface area contributed by atoms with E-state index in [1.165, 1.54) is 0 Å². The second-order valence-electron chi connectivity index (χ2n) is 6.73. The maximum absolute atomic E-state index is 12.1. The molecule has 29 heavy (non-hydrogen) atoms. The predicted octanol–water partition coefficient (Wildman–Crippen LogP) is 3.13. The number of likely N-dealkylation sites (tertiary alicyclic amines) is 1. The fourth-order valence-corrected chi connectivity index (χ4v) is 3.44. The smallest absolute Gasteiger partial charge is 0.310 e. The van der Waals surface area contributed by atoms with Gasteiger partial charge in [0.2, 0.25) is 11.7 Å². The monoisotopic (exact) mass is 419 g/mol. The number of nitrogens with one attached hydrogen (secondary N) is 1. The van der Waals surface area contributed by atoms with Crippen LogP contribution in [0.15, 0.2) is 33.8 Å². The Balaban J connectivity index is 1.68. The summed E-state index contributed by atoms with van der Waals surface area (Å²) in [6.07, 6.45) is 1.74. The molecule has 0 spiro atoms. The van der Waals surface area contributed by atoms with E-state index in [9.17, 15) is 4.79 Å². The molecule has 156 valence electrons. The number of nitrogens with zero attached hydrogens (tertiary/aromatic N) is 4. The summed E-state index contributed by atoms with van der Waals surface area (Å²) in [6.45, 7) is 6.61. The second-order valence-corrected chi connectivity index (χ2v) is 7.17. The number of aliphatic imine (C=N–C) groups is 1. The summed E-state index contributed by atoms with van der Waals surface area (Å²) in [5.41, 5.74) is 0.789. The molecule has 1 aromatic carbocycles. The molecule has 1 atom stereocenters. The lowest BCUT2D eigenvalue weighted by molar-refractivity contribution is -0.149. The minimum absolute atomic E-state index is 0.134. The van der Waals surface area contributed by atoms with Gasteiger partial charge in [0.25, 0.3) is 0 Å². The Kier molecular flexibility index (Phi) is 7.46. The van der Waals surface area contributed by atoms with Gasteiger partial charge < -0.3 is 19.5 Å². The lowest BCUT2D eigenvalue weighted by atomic mass is 9.98. The Morgan fingerprint density at radius 2 is 2.31 bits per heavy atom. The molecule has 1 aromatic heterocycles. The summed E-state index contributed by atoms with van der Waals surface area (Å²) >= 11 is 6.02. The van der Waals surface area contributed by atoms with Crippen LogP contribution in [0.1, 0.15) is 32.6 Å². The van der Waals surface area contributed by atoms with E-state index in [2.05, 4.69) is 25.3 Å². The molecule has 1 aliphatic rings. The van der Waals surface area contributed by atoms with Gasteiger partial charge in [0, 0.05) is 30.2 Å². The van der Waals surface area contributed by atoms with Gasteiger partial charge in [-0.15, -0.1) is 0 Å². The van der Waals surface area contributed by atoms with Crippen LogP contribution in [-0.4, -0.2) is 53.2 Å². The van der Waals surface area contributed by atoms with Gasteiger partial charge in [0.05, 0.1) is 12.5 Å². The zero-order valence-corrected chi connectivity index (χ0v) is 17.5. The predicted molar refractivity (Wildman–Crippen MR) is 110 cm³/mol. The summed E-state index contributed by atoms with van der Waals surface area (Å²) in [5, 5.41) is 7.90. The second kappa shape index (κ2) is 10.2. The number of benzene rings is 1. The standard InChI is InChI=1S/C20H26ClN5O3/c1-3-22-20(26-10-6-8-15(13-26)19(27)28-4-2)23-12-17-24-18(25-29-17)14-7-5-9-16(21)11-14/h5,7,9,11,15H,3-4,6,8,10,12-13H2,1-2H3,(H,22,23). The van der Waals surface area contributed by atoms with Crippen molar-refractivity contribution < 1.29 is 14.1 Å². The number of aromatic nitrogens is 2. The van der Waals surface area contributed by atoms with Gasteiger partial charge in [-0.05, 0) is 38.8 Å². The maximum atomic E-state index is 12.1. The molecule has 2 aromatic rings. The van der Waals surface area contributed by atoms with Gasteiger partial charge in [-0.2, -0.15) is 4.98 Å². The zero-order chi connectivity index (χ0) is 20.6. The molecule has 3 rings (SSSR count). The van der Waals surface area contributed by atoms with E-state index in [1.807, 2.05) is 26.0 Å². The molecule has 0 aliphatic carbocycles. The van der Waals surface area contributed by atoms with Crippen LogP contribution in [0.25, 0.3) is 11.4 Å². The number of esters is 1. The van der Waals surface area contributed by atoms with Crippen molar-refractivity contribution in [1.82, 2.24) is 20.4 Å². The molecule has 8 nitrogen and oxygen atoms in total. The van der Waals surface area contributed by atoms with Crippen molar-refractivity contribution in [3.8, 4) is 11.4 Å². The fraction of sp³-hybridized carbons (Fsp3) is 0.500. The number of hydrogen-bond acceptors (Lipinski definition) is 6. The largest absolute Gasteiger partial charge is 0.466 e. The van der Waals surface area contributed by atoms with Gasteiger partial charge in [-0.1, -0.05) is 28.9 Å². The minimum Gasteiger partial charge on any atom is -0.466 e. The third kappa shape index (κ3) is 5.69. The topological polar surface area (TPSA) is 92.9 Å². The lowest BCUT2D eigenvalue weighted by Gasteiger charge is -2.33. The summed E-state index contributed by atoms with van der Waals surface area (Å²) in [7, 11) is 0. The Morgan fingerprint density at radius 1 is 1.45 bits per heavy atom. The summed E-state index contributed by atoms with van der Waals surface area (Å²) in [5.74, 6) is 1.34. The fourth-order valence-electron chi connectivity index (χ4n) is 3.25. The first-order valence-corrected chi connectivity index (χ1v) is 10.3. The van der Waals surface area contributed by atoms with E-state index in [4.69, 9.17) is 20.9 Å². The number of guanidine groups is 1. The lowest BCUT2D eigenvalue weighted by Crippen LogP contribution is -2.48. The maximum Gasteiger partial charge on any atom is 0.310 e. The number of ether oxygens (including phenoxy) is 1. The molecule has 1 saturated heterocycles. The molecule has 1 N–H and O–H groups in total. The Labute approximate surface area is 175 Å². The highest BCUT2D eigenvalue weighted by molar-refractivity contribution is 6.30.